The van der Waals surface area contributed by atoms with Crippen LogP contribution >= 0.6 is 11.8 Å². The zero-order valence-corrected chi connectivity index (χ0v) is 13.3. The van der Waals surface area contributed by atoms with Crippen LogP contribution in [0.3, 0.4) is 0 Å². The largest absolute Gasteiger partial charge is 0.305 e. The summed E-state index contributed by atoms with van der Waals surface area (Å²) in [5.74, 6) is 2.58. The molecule has 0 spiro atoms. The smallest absolute Gasteiger partial charge is 0.191 e. The maximum absolute atomic E-state index is 4.30. The Labute approximate surface area is 132 Å². The quantitative estimate of drug-likeness (QED) is 0.556. The Morgan fingerprint density at radius 2 is 1.86 bits per heavy atom. The van der Waals surface area contributed by atoms with Crippen LogP contribution in [0.2, 0.25) is 0 Å². The number of nitrogens with zero attached hydrogens (tertiary/aromatic N) is 6. The summed E-state index contributed by atoms with van der Waals surface area (Å²) in [5.41, 5.74) is 1.96. The first-order chi connectivity index (χ1) is 10.8. The molecule has 3 aromatic rings. The molecule has 0 saturated heterocycles. The predicted molar refractivity (Wildman–Crippen MR) is 85.2 cm³/mol. The molecule has 0 atom stereocenters. The summed E-state index contributed by atoms with van der Waals surface area (Å²) >= 11 is 1.75. The SMILES string of the molecule is CCCCSc1nnc(-c2ccc(-c3nnn[nH]3)cc2)n1C. The second-order valence-electron chi connectivity index (χ2n) is 4.89. The van der Waals surface area contributed by atoms with Crippen molar-refractivity contribution >= 4 is 11.8 Å². The van der Waals surface area contributed by atoms with Crippen molar-refractivity contribution < 1.29 is 0 Å². The lowest BCUT2D eigenvalue weighted by Gasteiger charge is -2.04. The van der Waals surface area contributed by atoms with Crippen LogP contribution in [0.4, 0.5) is 0 Å². The molecule has 2 aromatic heterocycles. The van der Waals surface area contributed by atoms with E-state index in [-0.39, 0.29) is 0 Å². The number of H-pyrrole nitrogens is 1. The Kier molecular flexibility index (Phi) is 4.47. The highest BCUT2D eigenvalue weighted by molar-refractivity contribution is 7.99. The van der Waals surface area contributed by atoms with Crippen molar-refractivity contribution in [2.24, 2.45) is 7.05 Å². The zero-order chi connectivity index (χ0) is 15.4. The molecule has 0 aliphatic heterocycles. The molecule has 0 saturated carbocycles. The van der Waals surface area contributed by atoms with Crippen LogP contribution in [0.25, 0.3) is 22.8 Å². The predicted octanol–water partition coefficient (Wildman–Crippen LogP) is 2.55. The molecule has 1 N–H and O–H groups in total. The van der Waals surface area contributed by atoms with Crippen LogP contribution in [-0.4, -0.2) is 41.1 Å². The maximum atomic E-state index is 4.30. The summed E-state index contributed by atoms with van der Waals surface area (Å²) in [7, 11) is 2.00. The standard InChI is InChI=1S/C14H17N7S/c1-3-4-9-22-14-18-17-13(21(14)2)11-7-5-10(6-8-11)12-15-19-20-16-12/h5-8H,3-4,9H2,1-2H3,(H,15,16,19,20). The summed E-state index contributed by atoms with van der Waals surface area (Å²) in [6, 6.07) is 7.94. The topological polar surface area (TPSA) is 85.2 Å². The summed E-state index contributed by atoms with van der Waals surface area (Å²) < 4.78 is 2.03. The van der Waals surface area contributed by atoms with Gasteiger partial charge in [0.1, 0.15) is 0 Å². The lowest BCUT2D eigenvalue weighted by Crippen LogP contribution is -1.95. The van der Waals surface area contributed by atoms with Gasteiger partial charge in [0, 0.05) is 23.9 Å². The number of aromatic nitrogens is 7. The van der Waals surface area contributed by atoms with Gasteiger partial charge in [-0.15, -0.1) is 15.3 Å². The molecule has 0 fully saturated rings. The highest BCUT2D eigenvalue weighted by atomic mass is 32.2. The number of benzene rings is 1. The van der Waals surface area contributed by atoms with Gasteiger partial charge in [-0.1, -0.05) is 49.4 Å². The number of thioether (sulfide) groups is 1. The Hall–Kier alpha value is -2.22. The number of nitrogens with one attached hydrogen (secondary N) is 1. The molecular weight excluding hydrogens is 298 g/mol. The Bertz CT molecular complexity index is 718. The molecule has 114 valence electrons. The Morgan fingerprint density at radius 3 is 2.55 bits per heavy atom. The molecular formula is C14H17N7S. The van der Waals surface area contributed by atoms with E-state index in [1.54, 1.807) is 11.8 Å². The van der Waals surface area contributed by atoms with E-state index < -0.39 is 0 Å². The van der Waals surface area contributed by atoms with Crippen LogP contribution in [0, 0.1) is 0 Å². The van der Waals surface area contributed by atoms with E-state index in [9.17, 15) is 0 Å². The van der Waals surface area contributed by atoms with Gasteiger partial charge in [0.2, 0.25) is 0 Å². The third kappa shape index (κ3) is 3.01. The van der Waals surface area contributed by atoms with Crippen LogP contribution in [0.5, 0.6) is 0 Å². The van der Waals surface area contributed by atoms with Crippen LogP contribution in [-0.2, 0) is 7.05 Å². The van der Waals surface area contributed by atoms with Gasteiger partial charge >= 0.3 is 0 Å². The third-order valence-electron chi connectivity index (χ3n) is 3.33. The molecule has 0 aliphatic rings. The summed E-state index contributed by atoms with van der Waals surface area (Å²) in [6.07, 6.45) is 2.38. The summed E-state index contributed by atoms with van der Waals surface area (Å²) in [4.78, 5) is 0. The highest BCUT2D eigenvalue weighted by Crippen LogP contribution is 2.25. The molecule has 7 nitrogen and oxygen atoms in total. The van der Waals surface area contributed by atoms with Crippen molar-refractivity contribution in [2.75, 3.05) is 5.75 Å². The first-order valence-electron chi connectivity index (χ1n) is 7.16. The molecule has 0 bridgehead atoms. The molecule has 0 radical (unpaired) electrons. The van der Waals surface area contributed by atoms with E-state index in [1.165, 1.54) is 12.8 Å². The first kappa shape index (κ1) is 14.7. The third-order valence-corrected chi connectivity index (χ3v) is 4.43. The van der Waals surface area contributed by atoms with Crippen LogP contribution in [0.1, 0.15) is 19.8 Å². The Morgan fingerprint density at radius 1 is 1.09 bits per heavy atom. The van der Waals surface area contributed by atoms with Gasteiger partial charge < -0.3 is 4.57 Å². The second-order valence-corrected chi connectivity index (χ2v) is 5.96. The monoisotopic (exact) mass is 315 g/mol. The minimum Gasteiger partial charge on any atom is -0.305 e. The second kappa shape index (κ2) is 6.69. The van der Waals surface area contributed by atoms with Gasteiger partial charge in [0.15, 0.2) is 16.8 Å². The van der Waals surface area contributed by atoms with Crippen molar-refractivity contribution in [3.63, 3.8) is 0 Å². The van der Waals surface area contributed by atoms with E-state index >= 15 is 0 Å². The molecule has 0 aliphatic carbocycles. The van der Waals surface area contributed by atoms with Crippen molar-refractivity contribution in [3.05, 3.63) is 24.3 Å². The van der Waals surface area contributed by atoms with E-state index in [1.807, 2.05) is 35.9 Å². The number of rotatable bonds is 6. The van der Waals surface area contributed by atoms with Gasteiger partial charge in [-0.25, -0.2) is 5.10 Å². The first-order valence-corrected chi connectivity index (χ1v) is 8.15. The lowest BCUT2D eigenvalue weighted by molar-refractivity contribution is 0.790. The highest BCUT2D eigenvalue weighted by Gasteiger charge is 2.11. The average Bonchev–Trinajstić information content (AvgIpc) is 3.19. The summed E-state index contributed by atoms with van der Waals surface area (Å²) in [5, 5.41) is 23.3. The fourth-order valence-corrected chi connectivity index (χ4v) is 3.05. The molecule has 1 aromatic carbocycles. The van der Waals surface area contributed by atoms with Crippen molar-refractivity contribution in [2.45, 2.75) is 24.9 Å². The zero-order valence-electron chi connectivity index (χ0n) is 12.5. The minimum absolute atomic E-state index is 0.653. The molecule has 8 heteroatoms. The number of tetrazole rings is 1. The number of hydrogen-bond acceptors (Lipinski definition) is 6. The normalized spacial score (nSPS) is 11.0. The van der Waals surface area contributed by atoms with Crippen molar-refractivity contribution in [3.8, 4) is 22.8 Å². The lowest BCUT2D eigenvalue weighted by atomic mass is 10.1. The van der Waals surface area contributed by atoms with Crippen molar-refractivity contribution in [1.29, 1.82) is 0 Å². The average molecular weight is 315 g/mol. The van der Waals surface area contributed by atoms with Gasteiger partial charge in [0.05, 0.1) is 0 Å². The van der Waals surface area contributed by atoms with Gasteiger partial charge in [-0.3, -0.25) is 0 Å². The molecule has 0 amide bonds. The van der Waals surface area contributed by atoms with Crippen molar-refractivity contribution in [1.82, 2.24) is 35.4 Å². The van der Waals surface area contributed by atoms with E-state index in [4.69, 9.17) is 0 Å². The fraction of sp³-hybridized carbons (Fsp3) is 0.357. The van der Waals surface area contributed by atoms with E-state index in [0.717, 1.165) is 27.9 Å². The van der Waals surface area contributed by atoms with Crippen LogP contribution in [0.15, 0.2) is 29.4 Å². The molecule has 22 heavy (non-hydrogen) atoms. The Balaban J connectivity index is 1.79. The minimum atomic E-state index is 0.653. The molecule has 2 heterocycles. The summed E-state index contributed by atoms with van der Waals surface area (Å²) in [6.45, 7) is 2.19. The van der Waals surface area contributed by atoms with Gasteiger partial charge in [-0.05, 0) is 16.8 Å². The molecule has 3 rings (SSSR count). The van der Waals surface area contributed by atoms with E-state index in [0.29, 0.717) is 5.82 Å². The van der Waals surface area contributed by atoms with Crippen LogP contribution < -0.4 is 0 Å². The molecule has 0 unspecified atom stereocenters. The fourth-order valence-electron chi connectivity index (χ4n) is 2.06. The number of hydrogen-bond donors (Lipinski definition) is 1. The number of unbranched alkanes of at least 4 members (excludes halogenated alkanes) is 1. The number of aromatic amines is 1. The van der Waals surface area contributed by atoms with Gasteiger partial charge in [0.25, 0.3) is 0 Å². The van der Waals surface area contributed by atoms with E-state index in [2.05, 4.69) is 37.7 Å². The van der Waals surface area contributed by atoms with Gasteiger partial charge in [-0.2, -0.15) is 0 Å². The maximum Gasteiger partial charge on any atom is 0.191 e.